The predicted octanol–water partition coefficient (Wildman–Crippen LogP) is 2.35. The highest BCUT2D eigenvalue weighted by Crippen LogP contribution is 2.43. The molecule has 1 aliphatic rings. The highest BCUT2D eigenvalue weighted by atomic mass is 35.5. The van der Waals surface area contributed by atoms with Crippen molar-refractivity contribution in [2.45, 2.75) is 5.38 Å². The van der Waals surface area contributed by atoms with Gasteiger partial charge in [0.15, 0.2) is 0 Å². The SMILES string of the molecule is O=CC1C(=O)Oc2cccc(Cl)c2C1Cl. The number of aldehydes is 1. The maximum Gasteiger partial charge on any atom is 0.323 e. The van der Waals surface area contributed by atoms with Crippen LogP contribution < -0.4 is 4.74 Å². The fourth-order valence-corrected chi connectivity index (χ4v) is 2.20. The van der Waals surface area contributed by atoms with E-state index in [1.54, 1.807) is 18.2 Å². The number of fused-ring (bicyclic) bond motifs is 1. The molecule has 2 atom stereocenters. The number of hydrogen-bond donors (Lipinski definition) is 0. The summed E-state index contributed by atoms with van der Waals surface area (Å²) in [7, 11) is 0. The van der Waals surface area contributed by atoms with E-state index in [4.69, 9.17) is 27.9 Å². The molecule has 0 N–H and O–H groups in total. The Balaban J connectivity index is 2.56. The minimum Gasteiger partial charge on any atom is -0.426 e. The van der Waals surface area contributed by atoms with E-state index < -0.39 is 17.3 Å². The van der Waals surface area contributed by atoms with E-state index in [0.717, 1.165) is 0 Å². The second-order valence-corrected chi connectivity index (χ2v) is 4.01. The Kier molecular flexibility index (Phi) is 2.67. The van der Waals surface area contributed by atoms with Gasteiger partial charge < -0.3 is 9.53 Å². The second-order valence-electron chi connectivity index (χ2n) is 3.14. The van der Waals surface area contributed by atoms with Gasteiger partial charge in [-0.15, -0.1) is 11.6 Å². The van der Waals surface area contributed by atoms with Crippen LogP contribution in [0, 0.1) is 5.92 Å². The molecule has 3 nitrogen and oxygen atoms in total. The lowest BCUT2D eigenvalue weighted by molar-refractivity contribution is -0.142. The van der Waals surface area contributed by atoms with E-state index in [1.165, 1.54) is 0 Å². The molecule has 78 valence electrons. The number of carbonyl (C=O) groups is 2. The third kappa shape index (κ3) is 1.62. The van der Waals surface area contributed by atoms with Crippen molar-refractivity contribution in [3.63, 3.8) is 0 Å². The third-order valence-corrected chi connectivity index (χ3v) is 3.05. The Labute approximate surface area is 95.9 Å². The fourth-order valence-electron chi connectivity index (χ4n) is 1.47. The van der Waals surface area contributed by atoms with Gasteiger partial charge in [0.2, 0.25) is 0 Å². The van der Waals surface area contributed by atoms with Crippen LogP contribution in [-0.4, -0.2) is 12.3 Å². The molecule has 2 rings (SSSR count). The van der Waals surface area contributed by atoms with Crippen LogP contribution in [0.2, 0.25) is 5.02 Å². The second kappa shape index (κ2) is 3.83. The number of ether oxygens (including phenoxy) is 1. The lowest BCUT2D eigenvalue weighted by Gasteiger charge is -2.25. The van der Waals surface area contributed by atoms with Crippen molar-refractivity contribution in [3.8, 4) is 5.75 Å². The van der Waals surface area contributed by atoms with Crippen LogP contribution >= 0.6 is 23.2 Å². The maximum absolute atomic E-state index is 11.3. The summed E-state index contributed by atoms with van der Waals surface area (Å²) >= 11 is 11.9. The van der Waals surface area contributed by atoms with Crippen molar-refractivity contribution in [1.29, 1.82) is 0 Å². The molecule has 0 bridgehead atoms. The summed E-state index contributed by atoms with van der Waals surface area (Å²) in [5.41, 5.74) is 0.498. The van der Waals surface area contributed by atoms with Crippen molar-refractivity contribution >= 4 is 35.5 Å². The molecule has 1 aromatic rings. The van der Waals surface area contributed by atoms with Crippen LogP contribution in [0.15, 0.2) is 18.2 Å². The Hall–Kier alpha value is -1.06. The van der Waals surface area contributed by atoms with Gasteiger partial charge in [0, 0.05) is 10.6 Å². The molecule has 15 heavy (non-hydrogen) atoms. The van der Waals surface area contributed by atoms with E-state index in [0.29, 0.717) is 22.6 Å². The molecule has 2 unspecified atom stereocenters. The van der Waals surface area contributed by atoms with Gasteiger partial charge in [-0.3, -0.25) is 4.79 Å². The maximum atomic E-state index is 11.3. The smallest absolute Gasteiger partial charge is 0.323 e. The minimum absolute atomic E-state index is 0.325. The van der Waals surface area contributed by atoms with Crippen molar-refractivity contribution in [2.75, 3.05) is 0 Å². The van der Waals surface area contributed by atoms with Crippen LogP contribution in [0.25, 0.3) is 0 Å². The first-order valence-corrected chi connectivity index (χ1v) is 5.06. The molecule has 0 aliphatic carbocycles. The van der Waals surface area contributed by atoms with Crippen LogP contribution in [-0.2, 0) is 9.59 Å². The summed E-state index contributed by atoms with van der Waals surface area (Å²) in [6.07, 6.45) is 0.478. The predicted molar refractivity (Wildman–Crippen MR) is 55.2 cm³/mol. The molecular formula is C10H6Cl2O3. The van der Waals surface area contributed by atoms with Gasteiger partial charge in [0.05, 0.1) is 5.38 Å². The molecule has 5 heteroatoms. The Bertz CT molecular complexity index is 431. The number of esters is 1. The monoisotopic (exact) mass is 244 g/mol. The summed E-state index contributed by atoms with van der Waals surface area (Å²) in [6, 6.07) is 4.88. The summed E-state index contributed by atoms with van der Waals surface area (Å²) in [5.74, 6) is -1.30. The van der Waals surface area contributed by atoms with Crippen molar-refractivity contribution < 1.29 is 14.3 Å². The lowest BCUT2D eigenvalue weighted by atomic mass is 9.96. The average Bonchev–Trinajstić information content (AvgIpc) is 2.17. The summed E-state index contributed by atoms with van der Waals surface area (Å²) in [5, 5.41) is -0.362. The van der Waals surface area contributed by atoms with Crippen molar-refractivity contribution in [1.82, 2.24) is 0 Å². The first-order chi connectivity index (χ1) is 7.15. The van der Waals surface area contributed by atoms with Gasteiger partial charge in [-0.25, -0.2) is 0 Å². The van der Waals surface area contributed by atoms with Crippen molar-refractivity contribution in [3.05, 3.63) is 28.8 Å². The van der Waals surface area contributed by atoms with Crippen molar-refractivity contribution in [2.24, 2.45) is 5.92 Å². The summed E-state index contributed by atoms with van der Waals surface area (Å²) < 4.78 is 4.95. The molecule has 0 aromatic heterocycles. The molecule has 0 radical (unpaired) electrons. The number of alkyl halides is 1. The Morgan fingerprint density at radius 1 is 1.40 bits per heavy atom. The molecule has 1 aliphatic heterocycles. The Morgan fingerprint density at radius 2 is 2.13 bits per heavy atom. The average molecular weight is 245 g/mol. The molecule has 0 saturated carbocycles. The fraction of sp³-hybridized carbons (Fsp3) is 0.200. The highest BCUT2D eigenvalue weighted by Gasteiger charge is 2.37. The van der Waals surface area contributed by atoms with E-state index >= 15 is 0 Å². The third-order valence-electron chi connectivity index (χ3n) is 2.23. The quantitative estimate of drug-likeness (QED) is 0.251. The summed E-state index contributed by atoms with van der Waals surface area (Å²) in [4.78, 5) is 22.0. The number of carbonyl (C=O) groups excluding carboxylic acids is 2. The van der Waals surface area contributed by atoms with Gasteiger partial charge in [0.25, 0.3) is 0 Å². The van der Waals surface area contributed by atoms with Gasteiger partial charge in [-0.1, -0.05) is 17.7 Å². The molecular weight excluding hydrogens is 239 g/mol. The number of hydrogen-bond acceptors (Lipinski definition) is 3. The Morgan fingerprint density at radius 3 is 2.80 bits per heavy atom. The van der Waals surface area contributed by atoms with E-state index in [-0.39, 0.29) is 0 Å². The van der Waals surface area contributed by atoms with Crippen LogP contribution in [0.5, 0.6) is 5.75 Å². The minimum atomic E-state index is -0.987. The first-order valence-electron chi connectivity index (χ1n) is 4.24. The molecule has 0 saturated heterocycles. The van der Waals surface area contributed by atoms with Gasteiger partial charge in [-0.05, 0) is 12.1 Å². The van der Waals surface area contributed by atoms with E-state index in [1.807, 2.05) is 0 Å². The molecule has 0 spiro atoms. The van der Waals surface area contributed by atoms with E-state index in [9.17, 15) is 9.59 Å². The molecule has 1 heterocycles. The number of halogens is 2. The number of benzene rings is 1. The highest BCUT2D eigenvalue weighted by molar-refractivity contribution is 6.33. The van der Waals surface area contributed by atoms with Gasteiger partial charge in [0.1, 0.15) is 18.0 Å². The van der Waals surface area contributed by atoms with Crippen LogP contribution in [0.1, 0.15) is 10.9 Å². The lowest BCUT2D eigenvalue weighted by Crippen LogP contribution is -2.30. The molecule has 0 amide bonds. The van der Waals surface area contributed by atoms with Gasteiger partial charge in [-0.2, -0.15) is 0 Å². The zero-order valence-electron chi connectivity index (χ0n) is 7.44. The van der Waals surface area contributed by atoms with Crippen LogP contribution in [0.4, 0.5) is 0 Å². The normalized spacial score (nSPS) is 24.3. The zero-order chi connectivity index (χ0) is 11.0. The van der Waals surface area contributed by atoms with Gasteiger partial charge >= 0.3 is 5.97 Å². The van der Waals surface area contributed by atoms with E-state index in [2.05, 4.69) is 0 Å². The standard InChI is InChI=1S/C10H6Cl2O3/c11-6-2-1-3-7-8(6)9(12)5(4-13)10(14)15-7/h1-5,9H. The topological polar surface area (TPSA) is 43.4 Å². The first kappa shape index (κ1) is 10.5. The van der Waals surface area contributed by atoms with Crippen LogP contribution in [0.3, 0.4) is 0 Å². The molecule has 0 fully saturated rings. The number of rotatable bonds is 1. The zero-order valence-corrected chi connectivity index (χ0v) is 8.96. The largest absolute Gasteiger partial charge is 0.426 e. The summed E-state index contributed by atoms with van der Waals surface area (Å²) in [6.45, 7) is 0. The molecule has 1 aromatic carbocycles.